The predicted octanol–water partition coefficient (Wildman–Crippen LogP) is 3.99. The van der Waals surface area contributed by atoms with Crippen LogP contribution in [0.5, 0.6) is 5.75 Å². The van der Waals surface area contributed by atoms with Crippen molar-refractivity contribution >= 4 is 0 Å². The maximum absolute atomic E-state index is 13.6. The number of rotatable bonds is 5. The fourth-order valence-electron chi connectivity index (χ4n) is 1.86. The van der Waals surface area contributed by atoms with E-state index in [0.29, 0.717) is 11.1 Å². The van der Waals surface area contributed by atoms with Gasteiger partial charge in [-0.25, -0.2) is 8.78 Å². The van der Waals surface area contributed by atoms with Gasteiger partial charge in [0.1, 0.15) is 18.5 Å². The lowest BCUT2D eigenvalue weighted by Crippen LogP contribution is -2.17. The molecule has 8 heteroatoms. The predicted molar refractivity (Wildman–Crippen MR) is 72.2 cm³/mol. The second-order valence-corrected chi connectivity index (χ2v) is 4.67. The molecule has 0 spiro atoms. The standard InChI is InChI=1S/C15H12F5NO2/c16-7-13(22)14(17)12-6-3-10(8-21-12)9-1-4-11(5-2-9)23-15(18,19)20/h1-6,8,13-14,22H,7H2. The third kappa shape index (κ3) is 4.62. The zero-order valence-electron chi connectivity index (χ0n) is 11.6. The summed E-state index contributed by atoms with van der Waals surface area (Å²) < 4.78 is 65.8. The summed E-state index contributed by atoms with van der Waals surface area (Å²) in [6.07, 6.45) is -7.21. The zero-order valence-corrected chi connectivity index (χ0v) is 11.6. The molecule has 1 aromatic carbocycles. The maximum Gasteiger partial charge on any atom is 0.573 e. The molecule has 0 aliphatic carbocycles. The van der Waals surface area contributed by atoms with Gasteiger partial charge in [-0.1, -0.05) is 18.2 Å². The number of aromatic nitrogens is 1. The van der Waals surface area contributed by atoms with Crippen molar-refractivity contribution in [2.75, 3.05) is 6.67 Å². The molecule has 23 heavy (non-hydrogen) atoms. The van der Waals surface area contributed by atoms with Crippen LogP contribution in [0.4, 0.5) is 22.0 Å². The van der Waals surface area contributed by atoms with Crippen molar-refractivity contribution in [1.29, 1.82) is 0 Å². The molecule has 2 unspecified atom stereocenters. The molecule has 1 aromatic heterocycles. The maximum atomic E-state index is 13.6. The van der Waals surface area contributed by atoms with E-state index in [0.717, 1.165) is 12.1 Å². The minimum atomic E-state index is -4.77. The van der Waals surface area contributed by atoms with E-state index in [1.807, 2.05) is 0 Å². The Morgan fingerprint density at radius 2 is 1.65 bits per heavy atom. The molecule has 0 radical (unpaired) electrons. The molecule has 0 saturated carbocycles. The van der Waals surface area contributed by atoms with Crippen molar-refractivity contribution in [2.45, 2.75) is 18.6 Å². The number of hydrogen-bond donors (Lipinski definition) is 1. The Kier molecular flexibility index (Phi) is 5.15. The van der Waals surface area contributed by atoms with Crippen LogP contribution in [-0.2, 0) is 0 Å². The van der Waals surface area contributed by atoms with Crippen LogP contribution in [0.1, 0.15) is 11.9 Å². The summed E-state index contributed by atoms with van der Waals surface area (Å²) in [4.78, 5) is 3.79. The first-order valence-electron chi connectivity index (χ1n) is 6.50. The van der Waals surface area contributed by atoms with Gasteiger partial charge in [-0.05, 0) is 23.8 Å². The van der Waals surface area contributed by atoms with Crippen molar-refractivity contribution < 1.29 is 31.8 Å². The van der Waals surface area contributed by atoms with E-state index < -0.39 is 25.3 Å². The summed E-state index contributed by atoms with van der Waals surface area (Å²) in [5, 5.41) is 9.09. The summed E-state index contributed by atoms with van der Waals surface area (Å²) in [5.74, 6) is -0.360. The number of aliphatic hydroxyl groups excluding tert-OH is 1. The molecule has 0 amide bonds. The number of ether oxygens (including phenoxy) is 1. The molecule has 1 heterocycles. The molecule has 0 aliphatic heterocycles. The minimum absolute atomic E-state index is 0.129. The summed E-state index contributed by atoms with van der Waals surface area (Å²) in [6, 6.07) is 7.81. The van der Waals surface area contributed by atoms with Gasteiger partial charge in [0.25, 0.3) is 0 Å². The summed E-state index contributed by atoms with van der Waals surface area (Å²) in [7, 11) is 0. The van der Waals surface area contributed by atoms with Crippen LogP contribution in [0.2, 0.25) is 0 Å². The second-order valence-electron chi connectivity index (χ2n) is 4.67. The molecule has 0 saturated heterocycles. The number of nitrogens with zero attached hydrogens (tertiary/aromatic N) is 1. The van der Waals surface area contributed by atoms with Crippen LogP contribution < -0.4 is 4.74 Å². The Morgan fingerprint density at radius 3 is 2.13 bits per heavy atom. The Balaban J connectivity index is 2.13. The van der Waals surface area contributed by atoms with Gasteiger partial charge in [0.05, 0.1) is 5.69 Å². The average molecular weight is 333 g/mol. The van der Waals surface area contributed by atoms with Gasteiger partial charge in [0, 0.05) is 11.8 Å². The van der Waals surface area contributed by atoms with Crippen molar-refractivity contribution in [2.24, 2.45) is 0 Å². The number of aliphatic hydroxyl groups is 1. The first-order valence-corrected chi connectivity index (χ1v) is 6.50. The quantitative estimate of drug-likeness (QED) is 0.842. The van der Waals surface area contributed by atoms with E-state index in [1.54, 1.807) is 0 Å². The number of pyridine rings is 1. The number of benzene rings is 1. The van der Waals surface area contributed by atoms with E-state index in [-0.39, 0.29) is 11.4 Å². The molecule has 0 bridgehead atoms. The SMILES string of the molecule is OC(CF)C(F)c1ccc(-c2ccc(OC(F)(F)F)cc2)cn1. The fourth-order valence-corrected chi connectivity index (χ4v) is 1.86. The molecule has 0 fully saturated rings. The van der Waals surface area contributed by atoms with Gasteiger partial charge in [0.2, 0.25) is 0 Å². The first kappa shape index (κ1) is 17.1. The molecule has 124 valence electrons. The highest BCUT2D eigenvalue weighted by Crippen LogP contribution is 2.27. The molecule has 3 nitrogen and oxygen atoms in total. The summed E-state index contributed by atoms with van der Waals surface area (Å²) in [6.45, 7) is -1.23. The van der Waals surface area contributed by atoms with Gasteiger partial charge in [-0.15, -0.1) is 13.2 Å². The zero-order chi connectivity index (χ0) is 17.0. The first-order chi connectivity index (χ1) is 10.8. The highest BCUT2D eigenvalue weighted by Gasteiger charge is 2.31. The summed E-state index contributed by atoms with van der Waals surface area (Å²) >= 11 is 0. The lowest BCUT2D eigenvalue weighted by molar-refractivity contribution is -0.274. The largest absolute Gasteiger partial charge is 0.573 e. The van der Waals surface area contributed by atoms with E-state index in [9.17, 15) is 22.0 Å². The van der Waals surface area contributed by atoms with Gasteiger partial charge in [-0.2, -0.15) is 0 Å². The third-order valence-electron chi connectivity index (χ3n) is 2.99. The molecule has 2 atom stereocenters. The van der Waals surface area contributed by atoms with E-state index >= 15 is 0 Å². The molecular weight excluding hydrogens is 321 g/mol. The second kappa shape index (κ2) is 6.91. The van der Waals surface area contributed by atoms with Crippen LogP contribution in [0.25, 0.3) is 11.1 Å². The van der Waals surface area contributed by atoms with E-state index in [4.69, 9.17) is 5.11 Å². The minimum Gasteiger partial charge on any atom is -0.406 e. The van der Waals surface area contributed by atoms with Crippen LogP contribution in [0.3, 0.4) is 0 Å². The monoisotopic (exact) mass is 333 g/mol. The molecular formula is C15H12F5NO2. The Labute approximate surface area is 128 Å². The van der Waals surface area contributed by atoms with Crippen molar-refractivity contribution in [3.8, 4) is 16.9 Å². The van der Waals surface area contributed by atoms with Gasteiger partial charge in [0.15, 0.2) is 6.17 Å². The topological polar surface area (TPSA) is 42.4 Å². The lowest BCUT2D eigenvalue weighted by Gasteiger charge is -2.12. The number of halogens is 5. The molecule has 0 aliphatic rings. The fraction of sp³-hybridized carbons (Fsp3) is 0.267. The summed E-state index contributed by atoms with van der Waals surface area (Å²) in [5.41, 5.74) is 0.935. The van der Waals surface area contributed by atoms with Crippen molar-refractivity contribution in [1.82, 2.24) is 4.98 Å². The van der Waals surface area contributed by atoms with Gasteiger partial charge < -0.3 is 9.84 Å². The highest BCUT2D eigenvalue weighted by atomic mass is 19.4. The molecule has 2 rings (SSSR count). The molecule has 1 N–H and O–H groups in total. The Bertz CT molecular complexity index is 628. The highest BCUT2D eigenvalue weighted by molar-refractivity contribution is 5.63. The lowest BCUT2D eigenvalue weighted by atomic mass is 10.1. The Hall–Kier alpha value is -2.22. The normalized spacial score (nSPS) is 14.3. The smallest absolute Gasteiger partial charge is 0.406 e. The average Bonchev–Trinajstić information content (AvgIpc) is 2.53. The number of alkyl halides is 5. The van der Waals surface area contributed by atoms with E-state index in [1.165, 1.54) is 30.5 Å². The number of hydrogen-bond acceptors (Lipinski definition) is 3. The Morgan fingerprint density at radius 1 is 1.04 bits per heavy atom. The van der Waals surface area contributed by atoms with Crippen LogP contribution >= 0.6 is 0 Å². The van der Waals surface area contributed by atoms with Gasteiger partial charge >= 0.3 is 6.36 Å². The van der Waals surface area contributed by atoms with Crippen LogP contribution in [-0.4, -0.2) is 29.2 Å². The van der Waals surface area contributed by atoms with Crippen LogP contribution in [0, 0.1) is 0 Å². The van der Waals surface area contributed by atoms with Crippen molar-refractivity contribution in [3.63, 3.8) is 0 Å². The third-order valence-corrected chi connectivity index (χ3v) is 2.99. The van der Waals surface area contributed by atoms with Crippen LogP contribution in [0.15, 0.2) is 42.6 Å². The van der Waals surface area contributed by atoms with E-state index in [2.05, 4.69) is 9.72 Å². The van der Waals surface area contributed by atoms with Gasteiger partial charge in [-0.3, -0.25) is 4.98 Å². The van der Waals surface area contributed by atoms with Crippen molar-refractivity contribution in [3.05, 3.63) is 48.3 Å². The molecule has 2 aromatic rings.